The topological polar surface area (TPSA) is 66.6 Å². The molecule has 5 heteroatoms. The number of hydrogen-bond acceptors (Lipinski definition) is 3. The zero-order valence-electron chi connectivity index (χ0n) is 9.61. The Kier molecular flexibility index (Phi) is 3.14. The molecule has 0 radical (unpaired) electrons. The van der Waals surface area contributed by atoms with Gasteiger partial charge in [0.1, 0.15) is 0 Å². The van der Waals surface area contributed by atoms with Gasteiger partial charge in [-0.05, 0) is 40.5 Å². The molecule has 1 aliphatic rings. The third-order valence-corrected chi connectivity index (χ3v) is 3.85. The SMILES string of the molecule is CCC1(O)CN(C(=O)c2ccc(N)c(Br)c2)C1. The molecule has 1 saturated heterocycles. The van der Waals surface area contributed by atoms with Crippen molar-refractivity contribution in [1.82, 2.24) is 4.90 Å². The van der Waals surface area contributed by atoms with E-state index in [0.717, 1.165) is 4.47 Å². The minimum Gasteiger partial charge on any atom is -0.398 e. The maximum Gasteiger partial charge on any atom is 0.254 e. The summed E-state index contributed by atoms with van der Waals surface area (Å²) >= 11 is 3.29. The van der Waals surface area contributed by atoms with Crippen LogP contribution in [0.1, 0.15) is 23.7 Å². The van der Waals surface area contributed by atoms with Crippen molar-refractivity contribution < 1.29 is 9.90 Å². The van der Waals surface area contributed by atoms with Crippen LogP contribution < -0.4 is 5.73 Å². The van der Waals surface area contributed by atoms with Gasteiger partial charge in [-0.1, -0.05) is 6.92 Å². The monoisotopic (exact) mass is 298 g/mol. The Hall–Kier alpha value is -1.07. The van der Waals surface area contributed by atoms with Crippen LogP contribution in [-0.2, 0) is 0 Å². The first-order valence-electron chi connectivity index (χ1n) is 5.52. The molecule has 1 aromatic carbocycles. The van der Waals surface area contributed by atoms with Crippen LogP contribution in [0.2, 0.25) is 0 Å². The van der Waals surface area contributed by atoms with E-state index in [0.29, 0.717) is 30.8 Å². The third kappa shape index (κ3) is 2.30. The summed E-state index contributed by atoms with van der Waals surface area (Å²) in [6.45, 7) is 2.73. The number of amides is 1. The lowest BCUT2D eigenvalue weighted by atomic mass is 9.90. The van der Waals surface area contributed by atoms with Crippen molar-refractivity contribution >= 4 is 27.5 Å². The first kappa shape index (κ1) is 12.4. The number of carbonyl (C=O) groups excluding carboxylic acids is 1. The van der Waals surface area contributed by atoms with Gasteiger partial charge in [-0.25, -0.2) is 0 Å². The number of aliphatic hydroxyl groups is 1. The highest BCUT2D eigenvalue weighted by Gasteiger charge is 2.42. The molecule has 0 aromatic heterocycles. The zero-order chi connectivity index (χ0) is 12.6. The van der Waals surface area contributed by atoms with Crippen LogP contribution >= 0.6 is 15.9 Å². The van der Waals surface area contributed by atoms with Gasteiger partial charge in [0, 0.05) is 15.7 Å². The first-order chi connectivity index (χ1) is 7.95. The normalized spacial score (nSPS) is 17.7. The molecule has 4 nitrogen and oxygen atoms in total. The highest BCUT2D eigenvalue weighted by molar-refractivity contribution is 9.10. The maximum absolute atomic E-state index is 12.0. The number of rotatable bonds is 2. The van der Waals surface area contributed by atoms with Gasteiger partial charge >= 0.3 is 0 Å². The van der Waals surface area contributed by atoms with Crippen LogP contribution in [0, 0.1) is 0 Å². The summed E-state index contributed by atoms with van der Waals surface area (Å²) in [7, 11) is 0. The van der Waals surface area contributed by atoms with E-state index in [9.17, 15) is 9.90 Å². The van der Waals surface area contributed by atoms with Gasteiger partial charge in [0.05, 0.1) is 18.7 Å². The number of carbonyl (C=O) groups is 1. The molecule has 17 heavy (non-hydrogen) atoms. The maximum atomic E-state index is 12.0. The molecular formula is C12H15BrN2O2. The van der Waals surface area contributed by atoms with Gasteiger partial charge in [-0.3, -0.25) is 4.79 Å². The minimum absolute atomic E-state index is 0.0659. The number of likely N-dealkylation sites (tertiary alicyclic amines) is 1. The summed E-state index contributed by atoms with van der Waals surface area (Å²) in [6, 6.07) is 5.11. The predicted molar refractivity (Wildman–Crippen MR) is 69.7 cm³/mol. The lowest BCUT2D eigenvalue weighted by molar-refractivity contribution is -0.0826. The standard InChI is InChI=1S/C12H15BrN2O2/c1-2-12(17)6-15(7-12)11(16)8-3-4-10(14)9(13)5-8/h3-5,17H,2,6-7,14H2,1H3. The second-order valence-corrected chi connectivity index (χ2v) is 5.33. The van der Waals surface area contributed by atoms with E-state index >= 15 is 0 Å². The Morgan fingerprint density at radius 3 is 2.76 bits per heavy atom. The van der Waals surface area contributed by atoms with Crippen LogP contribution in [0.3, 0.4) is 0 Å². The van der Waals surface area contributed by atoms with Gasteiger partial charge in [0.25, 0.3) is 5.91 Å². The average Bonchev–Trinajstić information content (AvgIpc) is 2.27. The van der Waals surface area contributed by atoms with Gasteiger partial charge in [-0.15, -0.1) is 0 Å². The van der Waals surface area contributed by atoms with Crippen LogP contribution in [0.15, 0.2) is 22.7 Å². The van der Waals surface area contributed by atoms with E-state index in [1.165, 1.54) is 0 Å². The Morgan fingerprint density at radius 1 is 1.59 bits per heavy atom. The Morgan fingerprint density at radius 2 is 2.24 bits per heavy atom. The number of hydrogen-bond donors (Lipinski definition) is 2. The highest BCUT2D eigenvalue weighted by Crippen LogP contribution is 2.27. The van der Waals surface area contributed by atoms with Crippen molar-refractivity contribution in [3.8, 4) is 0 Å². The van der Waals surface area contributed by atoms with Crippen LogP contribution in [0.25, 0.3) is 0 Å². The molecule has 0 atom stereocenters. The van der Waals surface area contributed by atoms with E-state index in [1.54, 1.807) is 23.1 Å². The van der Waals surface area contributed by atoms with Crippen molar-refractivity contribution in [1.29, 1.82) is 0 Å². The largest absolute Gasteiger partial charge is 0.398 e. The summed E-state index contributed by atoms with van der Waals surface area (Å²) < 4.78 is 0.717. The molecule has 1 heterocycles. The zero-order valence-corrected chi connectivity index (χ0v) is 11.2. The number of nitrogen functional groups attached to an aromatic ring is 1. The number of nitrogens with two attached hydrogens (primary N) is 1. The van der Waals surface area contributed by atoms with Crippen molar-refractivity contribution in [3.05, 3.63) is 28.2 Å². The first-order valence-corrected chi connectivity index (χ1v) is 6.31. The Bertz CT molecular complexity index is 456. The van der Waals surface area contributed by atoms with Crippen LogP contribution in [-0.4, -0.2) is 34.6 Å². The summed E-state index contributed by atoms with van der Waals surface area (Å²) in [6.07, 6.45) is 0.669. The quantitative estimate of drug-likeness (QED) is 0.816. The van der Waals surface area contributed by atoms with Crippen LogP contribution in [0.5, 0.6) is 0 Å². The lowest BCUT2D eigenvalue weighted by Crippen LogP contribution is -2.63. The number of benzene rings is 1. The Balaban J connectivity index is 2.09. The van der Waals surface area contributed by atoms with Crippen molar-refractivity contribution in [3.63, 3.8) is 0 Å². The molecule has 3 N–H and O–H groups in total. The van der Waals surface area contributed by atoms with E-state index < -0.39 is 5.60 Å². The number of nitrogens with zero attached hydrogens (tertiary/aromatic N) is 1. The molecule has 2 rings (SSSR count). The molecular weight excluding hydrogens is 284 g/mol. The van der Waals surface area contributed by atoms with Crippen LogP contribution in [0.4, 0.5) is 5.69 Å². The van der Waals surface area contributed by atoms with Crippen molar-refractivity contribution in [2.45, 2.75) is 18.9 Å². The summed E-state index contributed by atoms with van der Waals surface area (Å²) in [5.41, 5.74) is 6.16. The van der Waals surface area contributed by atoms with Crippen molar-refractivity contribution in [2.24, 2.45) is 0 Å². The smallest absolute Gasteiger partial charge is 0.254 e. The van der Waals surface area contributed by atoms with Crippen molar-refractivity contribution in [2.75, 3.05) is 18.8 Å². The van der Waals surface area contributed by atoms with Gasteiger partial charge in [0.2, 0.25) is 0 Å². The van der Waals surface area contributed by atoms with Gasteiger partial charge < -0.3 is 15.7 Å². The van der Waals surface area contributed by atoms with Gasteiger partial charge in [0.15, 0.2) is 0 Å². The van der Waals surface area contributed by atoms with E-state index in [4.69, 9.17) is 5.73 Å². The van der Waals surface area contributed by atoms with E-state index in [1.807, 2.05) is 6.92 Å². The summed E-state index contributed by atoms with van der Waals surface area (Å²) in [5, 5.41) is 9.86. The molecule has 0 saturated carbocycles. The Labute approximate surface area is 109 Å². The third-order valence-electron chi connectivity index (χ3n) is 3.16. The fraction of sp³-hybridized carbons (Fsp3) is 0.417. The second-order valence-electron chi connectivity index (χ2n) is 4.48. The molecule has 0 unspecified atom stereocenters. The fourth-order valence-electron chi connectivity index (χ4n) is 1.87. The lowest BCUT2D eigenvalue weighted by Gasteiger charge is -2.46. The molecule has 92 valence electrons. The van der Waals surface area contributed by atoms with Gasteiger partial charge in [-0.2, -0.15) is 0 Å². The van der Waals surface area contributed by atoms with E-state index in [2.05, 4.69) is 15.9 Å². The number of β-amino-alcohol motifs (C(OH)–C–C–N with tert-alkyl or cyclic N) is 1. The highest BCUT2D eigenvalue weighted by atomic mass is 79.9. The molecule has 0 spiro atoms. The summed E-state index contributed by atoms with van der Waals surface area (Å²) in [5.74, 6) is -0.0659. The molecule has 1 aliphatic heterocycles. The fourth-order valence-corrected chi connectivity index (χ4v) is 2.25. The number of halogens is 1. The minimum atomic E-state index is -0.694. The molecule has 1 fully saturated rings. The van der Waals surface area contributed by atoms with E-state index in [-0.39, 0.29) is 5.91 Å². The second kappa shape index (κ2) is 4.31. The summed E-state index contributed by atoms with van der Waals surface area (Å²) in [4.78, 5) is 13.7. The number of anilines is 1. The molecule has 1 aromatic rings. The molecule has 1 amide bonds. The molecule has 0 bridgehead atoms. The molecule has 0 aliphatic carbocycles. The predicted octanol–water partition coefficient (Wildman–Crippen LogP) is 1.63. The average molecular weight is 299 g/mol.